The Balaban J connectivity index is 1.71. The molecule has 6 heteroatoms. The fraction of sp³-hybridized carbons (Fsp3) is 0.200. The summed E-state index contributed by atoms with van der Waals surface area (Å²) in [7, 11) is 1.63. The summed E-state index contributed by atoms with van der Waals surface area (Å²) >= 11 is 5.14. The smallest absolute Gasteiger partial charge is 0.262 e. The van der Waals surface area contributed by atoms with Crippen molar-refractivity contribution in [2.24, 2.45) is 0 Å². The van der Waals surface area contributed by atoms with Crippen LogP contribution in [0.25, 0.3) is 6.08 Å². The lowest BCUT2D eigenvalue weighted by atomic mass is 10.1. The third kappa shape index (κ3) is 6.57. The Kier molecular flexibility index (Phi) is 7.64. The fourth-order valence-corrected chi connectivity index (χ4v) is 2.29. The predicted molar refractivity (Wildman–Crippen MR) is 109 cm³/mol. The van der Waals surface area contributed by atoms with Gasteiger partial charge in [0.15, 0.2) is 5.11 Å². The lowest BCUT2D eigenvalue weighted by Gasteiger charge is -2.10. The molecule has 0 bridgehead atoms. The van der Waals surface area contributed by atoms with Gasteiger partial charge in [0.05, 0.1) is 7.11 Å². The van der Waals surface area contributed by atoms with Gasteiger partial charge < -0.3 is 10.1 Å². The number of carbonyl (C=O) groups is 1. The SMILES string of the molecule is CCc1ccc(/C=C/C(=O)NNC(=S)NCc2ccc(OC)cc2)cc1. The minimum Gasteiger partial charge on any atom is -0.497 e. The molecule has 2 aromatic rings. The normalized spacial score (nSPS) is 10.4. The molecule has 0 aliphatic rings. The van der Waals surface area contributed by atoms with Crippen LogP contribution in [0.4, 0.5) is 0 Å². The van der Waals surface area contributed by atoms with Crippen molar-refractivity contribution in [2.75, 3.05) is 7.11 Å². The van der Waals surface area contributed by atoms with Crippen LogP contribution in [0.2, 0.25) is 0 Å². The lowest BCUT2D eigenvalue weighted by molar-refractivity contribution is -0.116. The van der Waals surface area contributed by atoms with Gasteiger partial charge in [-0.1, -0.05) is 43.3 Å². The highest BCUT2D eigenvalue weighted by molar-refractivity contribution is 7.80. The number of methoxy groups -OCH3 is 1. The van der Waals surface area contributed by atoms with Crippen molar-refractivity contribution in [3.8, 4) is 5.75 Å². The summed E-state index contributed by atoms with van der Waals surface area (Å²) in [5.41, 5.74) is 8.49. The maximum Gasteiger partial charge on any atom is 0.262 e. The molecule has 0 spiro atoms. The van der Waals surface area contributed by atoms with Gasteiger partial charge in [0, 0.05) is 12.6 Å². The molecule has 26 heavy (non-hydrogen) atoms. The van der Waals surface area contributed by atoms with Crippen LogP contribution in [-0.4, -0.2) is 18.1 Å². The second-order valence-electron chi connectivity index (χ2n) is 5.57. The van der Waals surface area contributed by atoms with Gasteiger partial charge in [-0.25, -0.2) is 0 Å². The van der Waals surface area contributed by atoms with E-state index in [0.29, 0.717) is 11.7 Å². The monoisotopic (exact) mass is 369 g/mol. The number of benzene rings is 2. The molecule has 3 N–H and O–H groups in total. The Morgan fingerprint density at radius 3 is 2.31 bits per heavy atom. The summed E-state index contributed by atoms with van der Waals surface area (Å²) in [6.07, 6.45) is 4.21. The summed E-state index contributed by atoms with van der Waals surface area (Å²) in [5.74, 6) is 0.524. The maximum absolute atomic E-state index is 11.8. The molecule has 0 saturated heterocycles. The van der Waals surface area contributed by atoms with Crippen LogP contribution in [-0.2, 0) is 17.8 Å². The molecule has 0 aliphatic heterocycles. The standard InChI is InChI=1S/C20H23N3O2S/c1-3-15-4-6-16(7-5-15)10-13-19(24)22-23-20(26)21-14-17-8-11-18(25-2)12-9-17/h4-13H,3,14H2,1-2H3,(H,22,24)(H2,21,23,26)/b13-10+. The van der Waals surface area contributed by atoms with E-state index in [-0.39, 0.29) is 5.91 Å². The first-order valence-electron chi connectivity index (χ1n) is 8.34. The number of amides is 1. The number of thiocarbonyl (C=S) groups is 1. The van der Waals surface area contributed by atoms with Crippen molar-refractivity contribution in [2.45, 2.75) is 19.9 Å². The van der Waals surface area contributed by atoms with Gasteiger partial charge in [-0.15, -0.1) is 0 Å². The van der Waals surface area contributed by atoms with E-state index in [2.05, 4.69) is 23.1 Å². The molecule has 0 aliphatic carbocycles. The Bertz CT molecular complexity index is 756. The van der Waals surface area contributed by atoms with Gasteiger partial charge >= 0.3 is 0 Å². The Labute approximate surface area is 159 Å². The summed E-state index contributed by atoms with van der Waals surface area (Å²) in [4.78, 5) is 11.8. The van der Waals surface area contributed by atoms with Gasteiger partial charge in [-0.05, 0) is 53.5 Å². The van der Waals surface area contributed by atoms with Crippen molar-refractivity contribution in [1.29, 1.82) is 0 Å². The largest absolute Gasteiger partial charge is 0.497 e. The van der Waals surface area contributed by atoms with Gasteiger partial charge in [0.25, 0.3) is 5.91 Å². The summed E-state index contributed by atoms with van der Waals surface area (Å²) in [5, 5.41) is 3.36. The number of hydrazine groups is 1. The minimum absolute atomic E-state index is 0.279. The predicted octanol–water partition coefficient (Wildman–Crippen LogP) is 2.97. The molecule has 0 heterocycles. The zero-order valence-corrected chi connectivity index (χ0v) is 15.7. The lowest BCUT2D eigenvalue weighted by Crippen LogP contribution is -2.45. The van der Waals surface area contributed by atoms with Crippen LogP contribution in [0.15, 0.2) is 54.6 Å². The molecule has 136 valence electrons. The molecule has 1 amide bonds. The highest BCUT2D eigenvalue weighted by Crippen LogP contribution is 2.10. The average molecular weight is 369 g/mol. The first kappa shape index (κ1) is 19.5. The van der Waals surface area contributed by atoms with E-state index in [9.17, 15) is 4.79 Å². The van der Waals surface area contributed by atoms with Crippen LogP contribution in [0.3, 0.4) is 0 Å². The summed E-state index contributed by atoms with van der Waals surface area (Å²) in [6.45, 7) is 2.65. The van der Waals surface area contributed by atoms with Gasteiger partial charge in [0.1, 0.15) is 5.75 Å². The van der Waals surface area contributed by atoms with Crippen molar-refractivity contribution < 1.29 is 9.53 Å². The highest BCUT2D eigenvalue weighted by atomic mass is 32.1. The van der Waals surface area contributed by atoms with Gasteiger partial charge in [-0.2, -0.15) is 0 Å². The molecule has 0 atom stereocenters. The number of aryl methyl sites for hydroxylation is 1. The maximum atomic E-state index is 11.8. The van der Waals surface area contributed by atoms with E-state index in [1.54, 1.807) is 13.2 Å². The zero-order chi connectivity index (χ0) is 18.8. The van der Waals surface area contributed by atoms with Crippen molar-refractivity contribution in [3.63, 3.8) is 0 Å². The van der Waals surface area contributed by atoms with E-state index in [1.165, 1.54) is 11.6 Å². The van der Waals surface area contributed by atoms with Crippen LogP contribution >= 0.6 is 12.2 Å². The molecular formula is C20H23N3O2S. The Morgan fingerprint density at radius 1 is 1.04 bits per heavy atom. The van der Waals surface area contributed by atoms with E-state index >= 15 is 0 Å². The third-order valence-corrected chi connectivity index (χ3v) is 3.97. The second-order valence-corrected chi connectivity index (χ2v) is 5.98. The molecule has 0 saturated carbocycles. The van der Waals surface area contributed by atoms with Crippen LogP contribution in [0.5, 0.6) is 5.75 Å². The molecule has 0 aromatic heterocycles. The molecule has 2 aromatic carbocycles. The average Bonchev–Trinajstić information content (AvgIpc) is 2.69. The second kappa shape index (κ2) is 10.2. The third-order valence-electron chi connectivity index (χ3n) is 3.73. The van der Waals surface area contributed by atoms with Crippen LogP contribution < -0.4 is 20.9 Å². The van der Waals surface area contributed by atoms with E-state index < -0.39 is 0 Å². The number of nitrogens with one attached hydrogen (secondary N) is 3. The number of carbonyl (C=O) groups excluding carboxylic acids is 1. The fourth-order valence-electron chi connectivity index (χ4n) is 2.17. The number of hydrogen-bond acceptors (Lipinski definition) is 3. The molecule has 2 rings (SSSR count). The molecule has 0 fully saturated rings. The van der Waals surface area contributed by atoms with E-state index in [0.717, 1.165) is 23.3 Å². The van der Waals surface area contributed by atoms with E-state index in [1.807, 2.05) is 48.5 Å². The Morgan fingerprint density at radius 2 is 1.69 bits per heavy atom. The molecule has 0 unspecified atom stereocenters. The molecular weight excluding hydrogens is 346 g/mol. The first-order chi connectivity index (χ1) is 12.6. The first-order valence-corrected chi connectivity index (χ1v) is 8.75. The minimum atomic E-state index is -0.279. The highest BCUT2D eigenvalue weighted by Gasteiger charge is 1.99. The topological polar surface area (TPSA) is 62.4 Å². The van der Waals surface area contributed by atoms with Crippen molar-refractivity contribution in [1.82, 2.24) is 16.2 Å². The number of rotatable bonds is 6. The van der Waals surface area contributed by atoms with Gasteiger partial charge in [0.2, 0.25) is 0 Å². The van der Waals surface area contributed by atoms with Crippen LogP contribution in [0.1, 0.15) is 23.6 Å². The van der Waals surface area contributed by atoms with Crippen LogP contribution in [0, 0.1) is 0 Å². The number of ether oxygens (including phenoxy) is 1. The summed E-state index contributed by atoms with van der Waals surface area (Å²) < 4.78 is 5.11. The van der Waals surface area contributed by atoms with Crippen molar-refractivity contribution >= 4 is 29.3 Å². The molecule has 5 nitrogen and oxygen atoms in total. The van der Waals surface area contributed by atoms with E-state index in [4.69, 9.17) is 17.0 Å². The summed E-state index contributed by atoms with van der Waals surface area (Å²) in [6, 6.07) is 15.7. The van der Waals surface area contributed by atoms with Crippen molar-refractivity contribution in [3.05, 3.63) is 71.3 Å². The van der Waals surface area contributed by atoms with Gasteiger partial charge in [-0.3, -0.25) is 15.6 Å². The Hall–Kier alpha value is -2.86. The number of hydrogen-bond donors (Lipinski definition) is 3. The quantitative estimate of drug-likeness (QED) is 0.415. The zero-order valence-electron chi connectivity index (χ0n) is 14.9. The molecule has 0 radical (unpaired) electrons.